The third kappa shape index (κ3) is 2.83. The van der Waals surface area contributed by atoms with Crippen molar-refractivity contribution in [1.29, 1.82) is 0 Å². The van der Waals surface area contributed by atoms with Crippen LogP contribution in [0.1, 0.15) is 41.0 Å². The van der Waals surface area contributed by atoms with Gasteiger partial charge >= 0.3 is 0 Å². The van der Waals surface area contributed by atoms with Crippen molar-refractivity contribution in [2.24, 2.45) is 0 Å². The smallest absolute Gasteiger partial charge is 0.227 e. The number of rotatable bonds is 4. The van der Waals surface area contributed by atoms with E-state index in [9.17, 15) is 9.90 Å². The normalized spacial score (nSPS) is 18.3. The molecule has 1 aliphatic carbocycles. The van der Waals surface area contributed by atoms with E-state index in [1.165, 1.54) is 0 Å². The molecule has 3 N–H and O–H groups in total. The minimum absolute atomic E-state index is 0.0301. The molecule has 2 heterocycles. The molecule has 6 heteroatoms. The first-order valence-corrected chi connectivity index (χ1v) is 9.00. The van der Waals surface area contributed by atoms with Gasteiger partial charge in [0.05, 0.1) is 12.1 Å². The highest BCUT2D eigenvalue weighted by Crippen LogP contribution is 2.31. The van der Waals surface area contributed by atoms with Gasteiger partial charge in [0.15, 0.2) is 0 Å². The Morgan fingerprint density at radius 3 is 3.21 bits per heavy atom. The number of carbonyl (C=O) groups excluding carboxylic acids is 1. The second kappa shape index (κ2) is 6.37. The maximum Gasteiger partial charge on any atom is 0.227 e. The maximum absolute atomic E-state index is 12.5. The quantitative estimate of drug-likeness (QED) is 0.683. The highest BCUT2D eigenvalue weighted by molar-refractivity contribution is 7.19. The van der Waals surface area contributed by atoms with E-state index in [0.29, 0.717) is 0 Å². The second-order valence-electron chi connectivity index (χ2n) is 6.20. The molecule has 0 saturated heterocycles. The van der Waals surface area contributed by atoms with E-state index in [4.69, 9.17) is 0 Å². The Labute approximate surface area is 143 Å². The van der Waals surface area contributed by atoms with Gasteiger partial charge in [0.1, 0.15) is 6.10 Å². The Morgan fingerprint density at radius 1 is 1.46 bits per heavy atom. The summed E-state index contributed by atoms with van der Waals surface area (Å²) in [5.41, 5.74) is 2.06. The molecule has 1 aliphatic rings. The molecule has 0 saturated carbocycles. The molecule has 5 nitrogen and oxygen atoms in total. The van der Waals surface area contributed by atoms with Crippen LogP contribution in [0.2, 0.25) is 0 Å². The Kier molecular flexibility index (Phi) is 4.08. The van der Waals surface area contributed by atoms with E-state index >= 15 is 0 Å². The molecular formula is C18H19N3O2S. The highest BCUT2D eigenvalue weighted by atomic mass is 32.1. The third-order valence-corrected chi connectivity index (χ3v) is 5.82. The van der Waals surface area contributed by atoms with Gasteiger partial charge in [-0.15, -0.1) is 11.3 Å². The predicted molar refractivity (Wildman–Crippen MR) is 94.1 cm³/mol. The topological polar surface area (TPSA) is 78.0 Å². The van der Waals surface area contributed by atoms with Gasteiger partial charge in [-0.05, 0) is 36.8 Å². The van der Waals surface area contributed by atoms with Gasteiger partial charge in [-0.2, -0.15) is 5.10 Å². The zero-order valence-corrected chi connectivity index (χ0v) is 14.0. The number of amides is 1. The molecule has 1 amide bonds. The Bertz CT molecular complexity index is 837. The monoisotopic (exact) mass is 341 g/mol. The summed E-state index contributed by atoms with van der Waals surface area (Å²) in [5.74, 6) is -0.195. The first-order valence-electron chi connectivity index (χ1n) is 8.19. The van der Waals surface area contributed by atoms with Gasteiger partial charge in [-0.1, -0.05) is 18.2 Å². The van der Waals surface area contributed by atoms with Crippen LogP contribution in [0.5, 0.6) is 0 Å². The molecule has 124 valence electrons. The Morgan fingerprint density at radius 2 is 2.33 bits per heavy atom. The Hall–Kier alpha value is -2.18. The lowest BCUT2D eigenvalue weighted by Crippen LogP contribution is -2.33. The van der Waals surface area contributed by atoms with Crippen LogP contribution in [-0.4, -0.2) is 27.8 Å². The summed E-state index contributed by atoms with van der Waals surface area (Å²) in [6.45, 7) is 0.231. The van der Waals surface area contributed by atoms with Crippen molar-refractivity contribution in [2.75, 3.05) is 6.54 Å². The fraction of sp³-hybridized carbons (Fsp3) is 0.333. The first-order chi connectivity index (χ1) is 11.7. The zero-order chi connectivity index (χ0) is 16.5. The summed E-state index contributed by atoms with van der Waals surface area (Å²) in [5, 5.41) is 21.4. The number of aliphatic hydroxyl groups excluding tert-OH is 1. The lowest BCUT2D eigenvalue weighted by Gasteiger charge is -2.21. The van der Waals surface area contributed by atoms with Crippen molar-refractivity contribution in [1.82, 2.24) is 15.5 Å². The first kappa shape index (κ1) is 15.4. The van der Waals surface area contributed by atoms with Crippen LogP contribution in [0.4, 0.5) is 0 Å². The number of aromatic amines is 1. The molecule has 2 atom stereocenters. The van der Waals surface area contributed by atoms with Crippen molar-refractivity contribution in [3.63, 3.8) is 0 Å². The van der Waals surface area contributed by atoms with Gasteiger partial charge in [-0.25, -0.2) is 0 Å². The van der Waals surface area contributed by atoms with Crippen LogP contribution in [0.15, 0.2) is 36.5 Å². The number of aliphatic hydroxyl groups is 1. The van der Waals surface area contributed by atoms with Gasteiger partial charge in [-0.3, -0.25) is 9.89 Å². The average molecular weight is 341 g/mol. The van der Waals surface area contributed by atoms with E-state index in [-0.39, 0.29) is 18.4 Å². The minimum Gasteiger partial charge on any atom is -0.386 e. The number of carbonyl (C=O) groups is 1. The standard InChI is InChI=1S/C18H19N3O2S/c22-15(17-8-11-4-1-2-7-16(11)24-17)10-19-18(23)12-5-3-6-14-13(12)9-20-21-14/h1-2,4,7-9,12,15,22H,3,5-6,10H2,(H,19,23)(H,20,21). The van der Waals surface area contributed by atoms with Crippen LogP contribution in [-0.2, 0) is 11.2 Å². The molecule has 0 fully saturated rings. The maximum atomic E-state index is 12.5. The van der Waals surface area contributed by atoms with Crippen LogP contribution in [0, 0.1) is 0 Å². The van der Waals surface area contributed by atoms with Crippen LogP contribution < -0.4 is 5.32 Å². The summed E-state index contributed by atoms with van der Waals surface area (Å²) < 4.78 is 1.15. The van der Waals surface area contributed by atoms with E-state index in [0.717, 1.165) is 45.5 Å². The summed E-state index contributed by atoms with van der Waals surface area (Å²) >= 11 is 1.57. The number of fused-ring (bicyclic) bond motifs is 2. The summed E-state index contributed by atoms with van der Waals surface area (Å²) in [6, 6.07) is 10.0. The molecule has 2 aromatic heterocycles. The van der Waals surface area contributed by atoms with E-state index in [1.54, 1.807) is 17.5 Å². The van der Waals surface area contributed by atoms with Crippen molar-refractivity contribution in [2.45, 2.75) is 31.3 Å². The molecule has 3 aromatic rings. The van der Waals surface area contributed by atoms with Gasteiger partial charge in [0, 0.05) is 27.4 Å². The third-order valence-electron chi connectivity index (χ3n) is 4.61. The number of nitrogens with zero attached hydrogens (tertiary/aromatic N) is 1. The number of hydrogen-bond acceptors (Lipinski definition) is 4. The molecule has 0 radical (unpaired) electrons. The highest BCUT2D eigenvalue weighted by Gasteiger charge is 2.28. The van der Waals surface area contributed by atoms with E-state index in [2.05, 4.69) is 15.5 Å². The largest absolute Gasteiger partial charge is 0.386 e. The summed E-state index contributed by atoms with van der Waals surface area (Å²) in [6.07, 6.45) is 3.83. The summed E-state index contributed by atoms with van der Waals surface area (Å²) in [4.78, 5) is 13.4. The number of benzene rings is 1. The van der Waals surface area contributed by atoms with E-state index < -0.39 is 6.10 Å². The number of nitrogens with one attached hydrogen (secondary N) is 2. The lowest BCUT2D eigenvalue weighted by atomic mass is 9.86. The molecule has 1 aromatic carbocycles. The molecule has 0 aliphatic heterocycles. The number of hydrogen-bond donors (Lipinski definition) is 3. The van der Waals surface area contributed by atoms with Crippen LogP contribution >= 0.6 is 11.3 Å². The van der Waals surface area contributed by atoms with Crippen LogP contribution in [0.25, 0.3) is 10.1 Å². The van der Waals surface area contributed by atoms with Crippen molar-refractivity contribution >= 4 is 27.3 Å². The fourth-order valence-corrected chi connectivity index (χ4v) is 4.37. The minimum atomic E-state index is -0.682. The number of aryl methyl sites for hydroxylation is 1. The summed E-state index contributed by atoms with van der Waals surface area (Å²) in [7, 11) is 0. The average Bonchev–Trinajstić information content (AvgIpc) is 3.25. The second-order valence-corrected chi connectivity index (χ2v) is 7.31. The molecule has 0 spiro atoms. The Balaban J connectivity index is 1.42. The van der Waals surface area contributed by atoms with Crippen LogP contribution in [0.3, 0.4) is 0 Å². The zero-order valence-electron chi connectivity index (χ0n) is 13.2. The van der Waals surface area contributed by atoms with Gasteiger partial charge in [0.2, 0.25) is 5.91 Å². The molecule has 0 bridgehead atoms. The number of thiophene rings is 1. The number of aromatic nitrogens is 2. The molecular weight excluding hydrogens is 322 g/mol. The lowest BCUT2D eigenvalue weighted by molar-refractivity contribution is -0.123. The molecule has 24 heavy (non-hydrogen) atoms. The molecule has 4 rings (SSSR count). The fourth-order valence-electron chi connectivity index (χ4n) is 3.32. The predicted octanol–water partition coefficient (Wildman–Crippen LogP) is 2.89. The van der Waals surface area contributed by atoms with Crippen molar-refractivity contribution < 1.29 is 9.90 Å². The van der Waals surface area contributed by atoms with Gasteiger partial charge < -0.3 is 10.4 Å². The van der Waals surface area contributed by atoms with E-state index in [1.807, 2.05) is 30.3 Å². The SMILES string of the molecule is O=C(NCC(O)c1cc2ccccc2s1)C1CCCc2[nH]ncc21. The van der Waals surface area contributed by atoms with Crippen molar-refractivity contribution in [3.05, 3.63) is 52.7 Å². The molecule has 2 unspecified atom stereocenters. The number of H-pyrrole nitrogens is 1. The van der Waals surface area contributed by atoms with Gasteiger partial charge in [0.25, 0.3) is 0 Å². The van der Waals surface area contributed by atoms with Crippen molar-refractivity contribution in [3.8, 4) is 0 Å².